The standard InChI is InChI=1S/C13H17FN2O3/c1-4-10(13(18)19-3)16-11-6-8(12(15)17)5-9(14)7(11)2/h5-6,10,16H,4H2,1-3H3,(H2,15,17). The highest BCUT2D eigenvalue weighted by Crippen LogP contribution is 2.22. The van der Waals surface area contributed by atoms with Crippen molar-refractivity contribution in [3.05, 3.63) is 29.1 Å². The van der Waals surface area contributed by atoms with Gasteiger partial charge in [0.1, 0.15) is 11.9 Å². The van der Waals surface area contributed by atoms with Crippen LogP contribution in [0.15, 0.2) is 12.1 Å². The van der Waals surface area contributed by atoms with E-state index in [1.807, 2.05) is 0 Å². The fourth-order valence-corrected chi connectivity index (χ4v) is 1.63. The first-order valence-corrected chi connectivity index (χ1v) is 5.85. The lowest BCUT2D eigenvalue weighted by atomic mass is 10.1. The number of anilines is 1. The van der Waals surface area contributed by atoms with Gasteiger partial charge in [-0.3, -0.25) is 4.79 Å². The molecule has 1 unspecified atom stereocenters. The van der Waals surface area contributed by atoms with Crippen LogP contribution in [0.1, 0.15) is 29.3 Å². The van der Waals surface area contributed by atoms with E-state index in [0.717, 1.165) is 6.07 Å². The second-order valence-electron chi connectivity index (χ2n) is 4.12. The summed E-state index contributed by atoms with van der Waals surface area (Å²) in [5, 5.41) is 2.86. The van der Waals surface area contributed by atoms with E-state index in [2.05, 4.69) is 10.1 Å². The van der Waals surface area contributed by atoms with Gasteiger partial charge in [0.15, 0.2) is 0 Å². The molecule has 0 aliphatic heterocycles. The normalized spacial score (nSPS) is 11.8. The Hall–Kier alpha value is -2.11. The van der Waals surface area contributed by atoms with Gasteiger partial charge in [-0.25, -0.2) is 9.18 Å². The molecule has 6 heteroatoms. The molecule has 0 saturated heterocycles. The van der Waals surface area contributed by atoms with Gasteiger partial charge in [-0.15, -0.1) is 0 Å². The molecule has 0 heterocycles. The van der Waals surface area contributed by atoms with Crippen LogP contribution in [-0.4, -0.2) is 25.0 Å². The monoisotopic (exact) mass is 268 g/mol. The molecule has 0 fully saturated rings. The zero-order chi connectivity index (χ0) is 14.6. The van der Waals surface area contributed by atoms with Gasteiger partial charge in [-0.2, -0.15) is 0 Å². The molecule has 3 N–H and O–H groups in total. The molecule has 0 saturated carbocycles. The van der Waals surface area contributed by atoms with Crippen LogP contribution >= 0.6 is 0 Å². The van der Waals surface area contributed by atoms with Crippen LogP contribution in [0.3, 0.4) is 0 Å². The number of methoxy groups -OCH3 is 1. The van der Waals surface area contributed by atoms with E-state index in [1.54, 1.807) is 13.8 Å². The fraction of sp³-hybridized carbons (Fsp3) is 0.385. The van der Waals surface area contributed by atoms with Gasteiger partial charge in [-0.1, -0.05) is 6.92 Å². The number of carbonyl (C=O) groups is 2. The third kappa shape index (κ3) is 3.43. The molecule has 1 amide bonds. The second-order valence-corrected chi connectivity index (χ2v) is 4.12. The van der Waals surface area contributed by atoms with Crippen molar-refractivity contribution in [2.24, 2.45) is 5.73 Å². The number of esters is 1. The Morgan fingerprint density at radius 2 is 2.11 bits per heavy atom. The molecule has 1 aromatic carbocycles. The largest absolute Gasteiger partial charge is 0.467 e. The van der Waals surface area contributed by atoms with Crippen molar-refractivity contribution in [2.75, 3.05) is 12.4 Å². The van der Waals surface area contributed by atoms with Crippen LogP contribution < -0.4 is 11.1 Å². The first kappa shape index (κ1) is 14.9. The maximum atomic E-state index is 13.7. The molecule has 0 aliphatic rings. The second kappa shape index (κ2) is 6.17. The Kier molecular flexibility index (Phi) is 4.86. The Morgan fingerprint density at radius 3 is 2.58 bits per heavy atom. The molecular formula is C13H17FN2O3. The van der Waals surface area contributed by atoms with Crippen molar-refractivity contribution in [3.63, 3.8) is 0 Å². The van der Waals surface area contributed by atoms with Crippen LogP contribution in [-0.2, 0) is 9.53 Å². The summed E-state index contributed by atoms with van der Waals surface area (Å²) in [7, 11) is 1.28. The molecule has 5 nitrogen and oxygen atoms in total. The number of benzene rings is 1. The molecule has 19 heavy (non-hydrogen) atoms. The molecule has 1 aromatic rings. The zero-order valence-electron chi connectivity index (χ0n) is 11.1. The summed E-state index contributed by atoms with van der Waals surface area (Å²) in [4.78, 5) is 22.6. The first-order chi connectivity index (χ1) is 8.90. The van der Waals surface area contributed by atoms with Gasteiger partial charge in [0.05, 0.1) is 7.11 Å². The molecule has 0 aliphatic carbocycles. The van der Waals surface area contributed by atoms with Gasteiger partial charge in [-0.05, 0) is 25.5 Å². The summed E-state index contributed by atoms with van der Waals surface area (Å²) < 4.78 is 18.3. The van der Waals surface area contributed by atoms with Crippen molar-refractivity contribution in [3.8, 4) is 0 Å². The summed E-state index contributed by atoms with van der Waals surface area (Å²) in [6, 6.07) is 1.89. The molecular weight excluding hydrogens is 251 g/mol. The Bertz CT molecular complexity index is 503. The lowest BCUT2D eigenvalue weighted by molar-refractivity contribution is -0.141. The van der Waals surface area contributed by atoms with Crippen LogP contribution in [0.4, 0.5) is 10.1 Å². The average molecular weight is 268 g/mol. The molecule has 104 valence electrons. The van der Waals surface area contributed by atoms with Crippen LogP contribution in [0.2, 0.25) is 0 Å². The molecule has 0 radical (unpaired) electrons. The first-order valence-electron chi connectivity index (χ1n) is 5.85. The molecule has 0 aromatic heterocycles. The van der Waals surface area contributed by atoms with E-state index in [9.17, 15) is 14.0 Å². The number of halogens is 1. The number of rotatable bonds is 5. The lowest BCUT2D eigenvalue weighted by Crippen LogP contribution is -2.30. The quantitative estimate of drug-likeness (QED) is 0.795. The summed E-state index contributed by atoms with van der Waals surface area (Å²) >= 11 is 0. The summed E-state index contributed by atoms with van der Waals surface area (Å²) in [6.07, 6.45) is 0.467. The molecule has 0 bridgehead atoms. The minimum Gasteiger partial charge on any atom is -0.467 e. The van der Waals surface area contributed by atoms with E-state index in [4.69, 9.17) is 5.73 Å². The highest BCUT2D eigenvalue weighted by molar-refractivity contribution is 5.94. The minimum atomic E-state index is -0.729. The van der Waals surface area contributed by atoms with E-state index in [0.29, 0.717) is 17.7 Å². The van der Waals surface area contributed by atoms with E-state index in [1.165, 1.54) is 13.2 Å². The number of carbonyl (C=O) groups excluding carboxylic acids is 2. The molecule has 1 rings (SSSR count). The highest BCUT2D eigenvalue weighted by Gasteiger charge is 2.19. The number of nitrogens with two attached hydrogens (primary N) is 1. The maximum Gasteiger partial charge on any atom is 0.328 e. The van der Waals surface area contributed by atoms with E-state index >= 15 is 0 Å². The highest BCUT2D eigenvalue weighted by atomic mass is 19.1. The Balaban J connectivity index is 3.12. The number of nitrogens with one attached hydrogen (secondary N) is 1. The van der Waals surface area contributed by atoms with Gasteiger partial charge < -0.3 is 15.8 Å². The Labute approximate surface area is 110 Å². The summed E-state index contributed by atoms with van der Waals surface area (Å²) in [6.45, 7) is 3.34. The third-order valence-corrected chi connectivity index (χ3v) is 2.85. The van der Waals surface area contributed by atoms with Crippen LogP contribution in [0.25, 0.3) is 0 Å². The zero-order valence-corrected chi connectivity index (χ0v) is 11.1. The van der Waals surface area contributed by atoms with Gasteiger partial charge in [0.2, 0.25) is 5.91 Å². The summed E-state index contributed by atoms with van der Waals surface area (Å²) in [5.74, 6) is -1.74. The van der Waals surface area contributed by atoms with Gasteiger partial charge in [0.25, 0.3) is 0 Å². The fourth-order valence-electron chi connectivity index (χ4n) is 1.63. The Morgan fingerprint density at radius 1 is 1.47 bits per heavy atom. The third-order valence-electron chi connectivity index (χ3n) is 2.85. The molecule has 1 atom stereocenters. The van der Waals surface area contributed by atoms with Crippen LogP contribution in [0.5, 0.6) is 0 Å². The molecule has 0 spiro atoms. The van der Waals surface area contributed by atoms with Crippen LogP contribution in [0, 0.1) is 12.7 Å². The van der Waals surface area contributed by atoms with Crippen molar-refractivity contribution in [1.82, 2.24) is 0 Å². The number of primary amides is 1. The SMILES string of the molecule is CCC(Nc1cc(C(N)=O)cc(F)c1C)C(=O)OC. The minimum absolute atomic E-state index is 0.0466. The maximum absolute atomic E-state index is 13.7. The van der Waals surface area contributed by atoms with Gasteiger partial charge in [0, 0.05) is 16.8 Å². The van der Waals surface area contributed by atoms with E-state index in [-0.39, 0.29) is 5.56 Å². The predicted molar refractivity (Wildman–Crippen MR) is 69.4 cm³/mol. The van der Waals surface area contributed by atoms with Crippen molar-refractivity contribution >= 4 is 17.6 Å². The number of amides is 1. The van der Waals surface area contributed by atoms with E-state index < -0.39 is 23.7 Å². The predicted octanol–water partition coefficient (Wildman–Crippen LogP) is 1.60. The van der Waals surface area contributed by atoms with Crippen molar-refractivity contribution < 1.29 is 18.7 Å². The number of hydrogen-bond acceptors (Lipinski definition) is 4. The summed E-state index contributed by atoms with van der Waals surface area (Å²) in [5.41, 5.74) is 5.84. The smallest absolute Gasteiger partial charge is 0.328 e. The lowest BCUT2D eigenvalue weighted by Gasteiger charge is -2.18. The van der Waals surface area contributed by atoms with Gasteiger partial charge >= 0.3 is 5.97 Å². The number of hydrogen-bond donors (Lipinski definition) is 2. The van der Waals surface area contributed by atoms with Crippen molar-refractivity contribution in [1.29, 1.82) is 0 Å². The topological polar surface area (TPSA) is 81.4 Å². The number of ether oxygens (including phenoxy) is 1. The van der Waals surface area contributed by atoms with Crippen molar-refractivity contribution in [2.45, 2.75) is 26.3 Å². The average Bonchev–Trinajstić information content (AvgIpc) is 2.39.